The molecule has 8 nitrogen and oxygen atoms in total. The van der Waals surface area contributed by atoms with Gasteiger partial charge in [-0.15, -0.1) is 0 Å². The SMILES string of the molecule is CCCCCCCCCCOc1ccc(C2=N/C(=C\c3ccc(OC(C)=O)c(OC(C)=O)c3)C(=O)O2)cc1. The molecule has 0 spiro atoms. The van der Waals surface area contributed by atoms with Crippen LogP contribution in [0.4, 0.5) is 0 Å². The van der Waals surface area contributed by atoms with Crippen molar-refractivity contribution in [1.82, 2.24) is 0 Å². The maximum Gasteiger partial charge on any atom is 0.363 e. The van der Waals surface area contributed by atoms with Crippen LogP contribution < -0.4 is 14.2 Å². The molecular weight excluding hydrogens is 486 g/mol. The predicted molar refractivity (Wildman–Crippen MR) is 144 cm³/mol. The third kappa shape index (κ3) is 9.18. The first-order chi connectivity index (χ1) is 18.4. The van der Waals surface area contributed by atoms with E-state index in [1.165, 1.54) is 77.0 Å². The Labute approximate surface area is 223 Å². The number of rotatable bonds is 14. The Kier molecular flexibility index (Phi) is 11.1. The Bertz CT molecular complexity index is 1180. The largest absolute Gasteiger partial charge is 0.494 e. The molecule has 0 amide bonds. The lowest BCUT2D eigenvalue weighted by Crippen LogP contribution is -2.07. The fourth-order valence-corrected chi connectivity index (χ4v) is 3.90. The van der Waals surface area contributed by atoms with Crippen molar-refractivity contribution in [3.8, 4) is 17.2 Å². The van der Waals surface area contributed by atoms with Crippen LogP contribution in [-0.2, 0) is 19.1 Å². The van der Waals surface area contributed by atoms with Crippen molar-refractivity contribution < 1.29 is 33.3 Å². The second-order valence-corrected chi connectivity index (χ2v) is 9.08. The van der Waals surface area contributed by atoms with Gasteiger partial charge in [-0.05, 0) is 54.5 Å². The molecule has 1 aliphatic rings. The Morgan fingerprint density at radius 3 is 2.13 bits per heavy atom. The molecule has 0 aliphatic carbocycles. The zero-order valence-corrected chi connectivity index (χ0v) is 22.3. The van der Waals surface area contributed by atoms with E-state index >= 15 is 0 Å². The van der Waals surface area contributed by atoms with Crippen molar-refractivity contribution in [2.75, 3.05) is 6.61 Å². The minimum atomic E-state index is -0.604. The summed E-state index contributed by atoms with van der Waals surface area (Å²) in [6.45, 7) is 5.38. The van der Waals surface area contributed by atoms with Gasteiger partial charge in [-0.3, -0.25) is 9.59 Å². The Morgan fingerprint density at radius 2 is 1.47 bits per heavy atom. The number of aliphatic imine (C=N–C) groups is 1. The first-order valence-electron chi connectivity index (χ1n) is 13.1. The van der Waals surface area contributed by atoms with Gasteiger partial charge in [-0.25, -0.2) is 9.79 Å². The van der Waals surface area contributed by atoms with E-state index in [-0.39, 0.29) is 23.1 Å². The maximum atomic E-state index is 12.4. The lowest BCUT2D eigenvalue weighted by atomic mass is 10.1. The lowest BCUT2D eigenvalue weighted by Gasteiger charge is -2.09. The second kappa shape index (κ2) is 14.7. The number of carbonyl (C=O) groups excluding carboxylic acids is 3. The lowest BCUT2D eigenvalue weighted by molar-refractivity contribution is -0.134. The number of ether oxygens (including phenoxy) is 4. The topological polar surface area (TPSA) is 100 Å². The molecule has 0 aromatic heterocycles. The van der Waals surface area contributed by atoms with E-state index in [9.17, 15) is 14.4 Å². The Morgan fingerprint density at radius 1 is 0.842 bits per heavy atom. The molecule has 38 heavy (non-hydrogen) atoms. The summed E-state index contributed by atoms with van der Waals surface area (Å²) in [5.74, 6) is -0.640. The standard InChI is InChI=1S/C30H35NO7/c1-4-5-6-7-8-9-10-11-18-35-25-15-13-24(14-16-25)29-31-26(30(34)38-29)19-23-12-17-27(36-21(2)32)28(20-23)37-22(3)33/h12-17,19-20H,4-11,18H2,1-3H3/b26-19-. The summed E-state index contributed by atoms with van der Waals surface area (Å²) in [7, 11) is 0. The van der Waals surface area contributed by atoms with Crippen LogP contribution in [0.5, 0.6) is 17.2 Å². The quantitative estimate of drug-likeness (QED) is 0.123. The molecule has 0 bridgehead atoms. The van der Waals surface area contributed by atoms with Gasteiger partial charge in [0.05, 0.1) is 6.61 Å². The summed E-state index contributed by atoms with van der Waals surface area (Å²) in [6.07, 6.45) is 11.5. The number of carbonyl (C=O) groups is 3. The van der Waals surface area contributed by atoms with Crippen LogP contribution in [0.15, 0.2) is 53.2 Å². The molecule has 0 saturated heterocycles. The van der Waals surface area contributed by atoms with Crippen LogP contribution in [0.25, 0.3) is 6.08 Å². The minimum absolute atomic E-state index is 0.0557. The molecule has 0 saturated carbocycles. The van der Waals surface area contributed by atoms with Gasteiger partial charge in [0.25, 0.3) is 0 Å². The highest BCUT2D eigenvalue weighted by Crippen LogP contribution is 2.30. The van der Waals surface area contributed by atoms with E-state index in [2.05, 4.69) is 11.9 Å². The molecule has 0 fully saturated rings. The minimum Gasteiger partial charge on any atom is -0.494 e. The molecule has 2 aromatic carbocycles. The van der Waals surface area contributed by atoms with Gasteiger partial charge >= 0.3 is 17.9 Å². The fourth-order valence-electron chi connectivity index (χ4n) is 3.90. The molecule has 2 aromatic rings. The van der Waals surface area contributed by atoms with Crippen molar-refractivity contribution in [1.29, 1.82) is 0 Å². The number of benzene rings is 2. The molecule has 0 N–H and O–H groups in total. The molecule has 1 aliphatic heterocycles. The third-order valence-electron chi connectivity index (χ3n) is 5.77. The summed E-state index contributed by atoms with van der Waals surface area (Å²) < 4.78 is 21.4. The van der Waals surface area contributed by atoms with Crippen molar-refractivity contribution in [2.24, 2.45) is 4.99 Å². The number of esters is 3. The molecule has 1 heterocycles. The van der Waals surface area contributed by atoms with Crippen molar-refractivity contribution >= 4 is 29.9 Å². The van der Waals surface area contributed by atoms with E-state index in [0.29, 0.717) is 17.7 Å². The number of hydrogen-bond donors (Lipinski definition) is 0. The highest BCUT2D eigenvalue weighted by Gasteiger charge is 2.24. The van der Waals surface area contributed by atoms with Gasteiger partial charge in [0.15, 0.2) is 17.2 Å². The van der Waals surface area contributed by atoms with Crippen LogP contribution in [0.2, 0.25) is 0 Å². The zero-order valence-electron chi connectivity index (χ0n) is 22.3. The maximum absolute atomic E-state index is 12.4. The van der Waals surface area contributed by atoms with Gasteiger partial charge in [0, 0.05) is 19.4 Å². The molecule has 202 valence electrons. The summed E-state index contributed by atoms with van der Waals surface area (Å²) in [4.78, 5) is 39.5. The van der Waals surface area contributed by atoms with Gasteiger partial charge in [0.2, 0.25) is 5.90 Å². The van der Waals surface area contributed by atoms with Crippen LogP contribution in [-0.4, -0.2) is 30.4 Å². The molecular formula is C30H35NO7. The van der Waals surface area contributed by atoms with E-state index < -0.39 is 17.9 Å². The van der Waals surface area contributed by atoms with Crippen molar-refractivity contribution in [2.45, 2.75) is 72.1 Å². The van der Waals surface area contributed by atoms with Crippen LogP contribution in [0.1, 0.15) is 83.3 Å². The van der Waals surface area contributed by atoms with Gasteiger partial charge in [0.1, 0.15) is 5.75 Å². The summed E-state index contributed by atoms with van der Waals surface area (Å²) in [5.41, 5.74) is 1.25. The summed E-state index contributed by atoms with van der Waals surface area (Å²) in [6, 6.07) is 11.8. The van der Waals surface area contributed by atoms with E-state index in [4.69, 9.17) is 18.9 Å². The monoisotopic (exact) mass is 521 g/mol. The van der Waals surface area contributed by atoms with Crippen molar-refractivity contribution in [3.05, 3.63) is 59.3 Å². The highest BCUT2D eigenvalue weighted by molar-refractivity contribution is 6.12. The predicted octanol–water partition coefficient (Wildman–Crippen LogP) is 6.40. The zero-order chi connectivity index (χ0) is 27.3. The van der Waals surface area contributed by atoms with Gasteiger partial charge in [-0.1, -0.05) is 57.9 Å². The van der Waals surface area contributed by atoms with E-state index in [1.54, 1.807) is 18.2 Å². The fraction of sp³-hybridized carbons (Fsp3) is 0.400. The van der Waals surface area contributed by atoms with Crippen molar-refractivity contribution in [3.63, 3.8) is 0 Å². The summed E-state index contributed by atoms with van der Waals surface area (Å²) >= 11 is 0. The van der Waals surface area contributed by atoms with E-state index in [0.717, 1.165) is 12.2 Å². The van der Waals surface area contributed by atoms with Crippen LogP contribution in [0, 0.1) is 0 Å². The first kappa shape index (κ1) is 28.6. The first-order valence-corrected chi connectivity index (χ1v) is 13.1. The molecule has 3 rings (SSSR count). The Hall–Kier alpha value is -3.94. The van der Waals surface area contributed by atoms with Gasteiger partial charge in [-0.2, -0.15) is 0 Å². The smallest absolute Gasteiger partial charge is 0.363 e. The number of hydrogen-bond acceptors (Lipinski definition) is 8. The number of cyclic esters (lactones) is 1. The van der Waals surface area contributed by atoms with Gasteiger partial charge < -0.3 is 18.9 Å². The molecule has 8 heteroatoms. The van der Waals surface area contributed by atoms with Crippen LogP contribution in [0.3, 0.4) is 0 Å². The number of unbranched alkanes of at least 4 members (excludes halogenated alkanes) is 7. The average Bonchev–Trinajstić information content (AvgIpc) is 3.24. The molecule has 0 unspecified atom stereocenters. The molecule has 0 radical (unpaired) electrons. The third-order valence-corrected chi connectivity index (χ3v) is 5.77. The van der Waals surface area contributed by atoms with E-state index in [1.807, 2.05) is 12.1 Å². The average molecular weight is 522 g/mol. The second-order valence-electron chi connectivity index (χ2n) is 9.08. The normalized spacial score (nSPS) is 13.7. The molecule has 0 atom stereocenters. The Balaban J connectivity index is 1.58. The number of nitrogens with zero attached hydrogens (tertiary/aromatic N) is 1. The van der Waals surface area contributed by atoms with Crippen LogP contribution >= 0.6 is 0 Å². The highest BCUT2D eigenvalue weighted by atomic mass is 16.6. The summed E-state index contributed by atoms with van der Waals surface area (Å²) in [5, 5.41) is 0.